The molecule has 0 amide bonds. The van der Waals surface area contributed by atoms with Gasteiger partial charge in [0.1, 0.15) is 0 Å². The number of nitrogens with zero attached hydrogens (tertiary/aromatic N) is 1. The average molecular weight is 239 g/mol. The molecule has 1 N–H and O–H groups in total. The fourth-order valence-electron chi connectivity index (χ4n) is 2.20. The van der Waals surface area contributed by atoms with Crippen molar-refractivity contribution in [1.82, 2.24) is 10.2 Å². The van der Waals surface area contributed by atoms with Crippen LogP contribution in [0.2, 0.25) is 5.02 Å². The molecule has 1 aromatic carbocycles. The first-order chi connectivity index (χ1) is 7.75. The summed E-state index contributed by atoms with van der Waals surface area (Å²) in [6.45, 7) is 3.39. The van der Waals surface area contributed by atoms with E-state index in [1.165, 1.54) is 12.0 Å². The van der Waals surface area contributed by atoms with Crippen LogP contribution in [-0.2, 0) is 6.42 Å². The van der Waals surface area contributed by atoms with Gasteiger partial charge in [0.15, 0.2) is 0 Å². The molecule has 0 saturated carbocycles. The molecule has 1 aliphatic rings. The average Bonchev–Trinajstić information content (AvgIpc) is 2.79. The lowest BCUT2D eigenvalue weighted by Gasteiger charge is -2.23. The van der Waals surface area contributed by atoms with Crippen LogP contribution in [0, 0.1) is 0 Å². The van der Waals surface area contributed by atoms with Crippen molar-refractivity contribution in [2.75, 3.05) is 26.7 Å². The molecule has 16 heavy (non-hydrogen) atoms. The van der Waals surface area contributed by atoms with Crippen molar-refractivity contribution >= 4 is 11.6 Å². The summed E-state index contributed by atoms with van der Waals surface area (Å²) in [5.41, 5.74) is 1.32. The normalized spacial score (nSPS) is 20.6. The van der Waals surface area contributed by atoms with E-state index in [1.54, 1.807) is 0 Å². The second-order valence-corrected chi connectivity index (χ2v) is 4.94. The summed E-state index contributed by atoms with van der Waals surface area (Å²) in [7, 11) is 2.21. The summed E-state index contributed by atoms with van der Waals surface area (Å²) in [6.07, 6.45) is 2.35. The lowest BCUT2D eigenvalue weighted by Crippen LogP contribution is -2.34. The van der Waals surface area contributed by atoms with Crippen molar-refractivity contribution in [3.63, 3.8) is 0 Å². The van der Waals surface area contributed by atoms with Gasteiger partial charge in [0.25, 0.3) is 0 Å². The molecular weight excluding hydrogens is 220 g/mol. The Balaban J connectivity index is 1.82. The zero-order chi connectivity index (χ0) is 11.4. The van der Waals surface area contributed by atoms with E-state index in [0.717, 1.165) is 31.1 Å². The number of rotatable bonds is 4. The summed E-state index contributed by atoms with van der Waals surface area (Å²) >= 11 is 5.96. The van der Waals surface area contributed by atoms with Gasteiger partial charge in [0.05, 0.1) is 0 Å². The topological polar surface area (TPSA) is 15.3 Å². The van der Waals surface area contributed by atoms with Gasteiger partial charge >= 0.3 is 0 Å². The molecule has 2 nitrogen and oxygen atoms in total. The van der Waals surface area contributed by atoms with Crippen molar-refractivity contribution < 1.29 is 0 Å². The number of nitrogens with one attached hydrogen (secondary N) is 1. The molecule has 2 rings (SSSR count). The maximum absolute atomic E-state index is 5.96. The molecule has 1 unspecified atom stereocenters. The Labute approximate surface area is 103 Å². The van der Waals surface area contributed by atoms with Crippen LogP contribution < -0.4 is 5.32 Å². The standard InChI is InChI=1S/C13H19ClN2/c1-16(13-5-7-15-10-13)8-6-11-3-2-4-12(14)9-11/h2-4,9,13,15H,5-8,10H2,1H3. The minimum Gasteiger partial charge on any atom is -0.315 e. The van der Waals surface area contributed by atoms with Crippen LogP contribution in [0.25, 0.3) is 0 Å². The van der Waals surface area contributed by atoms with Crippen molar-refractivity contribution in [2.45, 2.75) is 18.9 Å². The first kappa shape index (κ1) is 11.9. The summed E-state index contributed by atoms with van der Waals surface area (Å²) in [5, 5.41) is 4.23. The predicted molar refractivity (Wildman–Crippen MR) is 69.1 cm³/mol. The monoisotopic (exact) mass is 238 g/mol. The molecule has 0 aromatic heterocycles. The maximum atomic E-state index is 5.96. The van der Waals surface area contributed by atoms with Gasteiger partial charge in [-0.25, -0.2) is 0 Å². The lowest BCUT2D eigenvalue weighted by atomic mass is 10.1. The van der Waals surface area contributed by atoms with E-state index >= 15 is 0 Å². The van der Waals surface area contributed by atoms with Crippen molar-refractivity contribution in [3.8, 4) is 0 Å². The molecule has 1 aliphatic heterocycles. The molecule has 0 bridgehead atoms. The molecule has 1 fully saturated rings. The van der Waals surface area contributed by atoms with Crippen LogP contribution in [0.1, 0.15) is 12.0 Å². The third-order valence-corrected chi connectivity index (χ3v) is 3.53. The van der Waals surface area contributed by atoms with Crippen LogP contribution >= 0.6 is 11.6 Å². The second-order valence-electron chi connectivity index (χ2n) is 4.51. The van der Waals surface area contributed by atoms with E-state index in [9.17, 15) is 0 Å². The van der Waals surface area contributed by atoms with Crippen molar-refractivity contribution in [2.24, 2.45) is 0 Å². The number of likely N-dealkylation sites (N-methyl/N-ethyl adjacent to an activating group) is 1. The van der Waals surface area contributed by atoms with Gasteiger partial charge in [-0.2, -0.15) is 0 Å². The van der Waals surface area contributed by atoms with Gasteiger partial charge in [-0.05, 0) is 44.1 Å². The van der Waals surface area contributed by atoms with Crippen molar-refractivity contribution in [3.05, 3.63) is 34.9 Å². The van der Waals surface area contributed by atoms with E-state index in [-0.39, 0.29) is 0 Å². The molecular formula is C13H19ClN2. The molecule has 1 saturated heterocycles. The third-order valence-electron chi connectivity index (χ3n) is 3.30. The molecule has 3 heteroatoms. The maximum Gasteiger partial charge on any atom is 0.0408 e. The van der Waals surface area contributed by atoms with E-state index < -0.39 is 0 Å². The SMILES string of the molecule is CN(CCc1cccc(Cl)c1)C1CCNC1. The highest BCUT2D eigenvalue weighted by Crippen LogP contribution is 2.12. The fraction of sp³-hybridized carbons (Fsp3) is 0.538. The van der Waals surface area contributed by atoms with E-state index in [1.807, 2.05) is 12.1 Å². The first-order valence-corrected chi connectivity index (χ1v) is 6.29. The molecule has 1 aromatic rings. The number of hydrogen-bond acceptors (Lipinski definition) is 2. The van der Waals surface area contributed by atoms with Crippen LogP contribution in [0.4, 0.5) is 0 Å². The van der Waals surface area contributed by atoms with Gasteiger partial charge < -0.3 is 10.2 Å². The largest absolute Gasteiger partial charge is 0.315 e. The van der Waals surface area contributed by atoms with Crippen LogP contribution in [-0.4, -0.2) is 37.6 Å². The van der Waals surface area contributed by atoms with Crippen LogP contribution in [0.3, 0.4) is 0 Å². The van der Waals surface area contributed by atoms with Crippen molar-refractivity contribution in [1.29, 1.82) is 0 Å². The number of hydrogen-bond donors (Lipinski definition) is 1. The Morgan fingerprint density at radius 3 is 3.06 bits per heavy atom. The Kier molecular flexibility index (Phi) is 4.22. The van der Waals surface area contributed by atoms with Gasteiger partial charge in [-0.3, -0.25) is 0 Å². The number of halogens is 1. The van der Waals surface area contributed by atoms with Gasteiger partial charge in [0, 0.05) is 24.2 Å². The fourth-order valence-corrected chi connectivity index (χ4v) is 2.41. The quantitative estimate of drug-likeness (QED) is 0.865. The smallest absolute Gasteiger partial charge is 0.0408 e. The third kappa shape index (κ3) is 3.21. The van der Waals surface area contributed by atoms with E-state index in [4.69, 9.17) is 11.6 Å². The summed E-state index contributed by atoms with van der Waals surface area (Å²) in [5.74, 6) is 0. The van der Waals surface area contributed by atoms with Crippen LogP contribution in [0.15, 0.2) is 24.3 Å². The van der Waals surface area contributed by atoms with Crippen LogP contribution in [0.5, 0.6) is 0 Å². The Morgan fingerprint density at radius 2 is 2.38 bits per heavy atom. The second kappa shape index (κ2) is 5.67. The molecule has 0 spiro atoms. The lowest BCUT2D eigenvalue weighted by molar-refractivity contribution is 0.260. The highest BCUT2D eigenvalue weighted by atomic mass is 35.5. The molecule has 1 atom stereocenters. The predicted octanol–water partition coefficient (Wildman–Crippen LogP) is 2.18. The minimum absolute atomic E-state index is 0.708. The zero-order valence-electron chi connectivity index (χ0n) is 9.75. The van der Waals surface area contributed by atoms with E-state index in [2.05, 4.69) is 29.4 Å². The Bertz CT molecular complexity index is 334. The summed E-state index contributed by atoms with van der Waals surface area (Å²) in [4.78, 5) is 2.45. The van der Waals surface area contributed by atoms with Gasteiger partial charge in [-0.1, -0.05) is 23.7 Å². The summed E-state index contributed by atoms with van der Waals surface area (Å²) in [6, 6.07) is 8.86. The Hall–Kier alpha value is -0.570. The highest BCUT2D eigenvalue weighted by Gasteiger charge is 2.18. The van der Waals surface area contributed by atoms with Gasteiger partial charge in [-0.15, -0.1) is 0 Å². The summed E-state index contributed by atoms with van der Waals surface area (Å²) < 4.78 is 0. The highest BCUT2D eigenvalue weighted by molar-refractivity contribution is 6.30. The Morgan fingerprint density at radius 1 is 1.50 bits per heavy atom. The zero-order valence-corrected chi connectivity index (χ0v) is 10.5. The molecule has 1 heterocycles. The van der Waals surface area contributed by atoms with E-state index in [0.29, 0.717) is 6.04 Å². The molecule has 0 aliphatic carbocycles. The first-order valence-electron chi connectivity index (χ1n) is 5.91. The van der Waals surface area contributed by atoms with Gasteiger partial charge in [0.2, 0.25) is 0 Å². The molecule has 0 radical (unpaired) electrons. The number of benzene rings is 1. The minimum atomic E-state index is 0.708. The molecule has 88 valence electrons.